The zero-order chi connectivity index (χ0) is 18.9. The van der Waals surface area contributed by atoms with E-state index in [1.54, 1.807) is 13.0 Å². The maximum Gasteiger partial charge on any atom is 0.431 e. The number of fused-ring (bicyclic) bond motifs is 1. The van der Waals surface area contributed by atoms with Crippen LogP contribution < -0.4 is 5.32 Å². The Labute approximate surface area is 144 Å². The van der Waals surface area contributed by atoms with Gasteiger partial charge in [-0.15, -0.1) is 0 Å². The molecule has 0 aliphatic rings. The quantitative estimate of drug-likeness (QED) is 0.648. The fraction of sp³-hybridized carbons (Fsp3) is 0.389. The van der Waals surface area contributed by atoms with Crippen molar-refractivity contribution in [3.63, 3.8) is 0 Å². The number of aryl methyl sites for hydroxylation is 3. The van der Waals surface area contributed by atoms with Gasteiger partial charge < -0.3 is 14.6 Å². The number of ether oxygens (including phenoxy) is 1. The van der Waals surface area contributed by atoms with Gasteiger partial charge in [-0.25, -0.2) is 4.79 Å². The van der Waals surface area contributed by atoms with E-state index in [9.17, 15) is 18.0 Å². The topological polar surface area (TPSA) is 43.3 Å². The van der Waals surface area contributed by atoms with E-state index in [1.165, 1.54) is 6.92 Å². The Morgan fingerprint density at radius 2 is 1.92 bits per heavy atom. The Bertz CT molecular complexity index is 848. The average molecular weight is 354 g/mol. The Balaban J connectivity index is 2.51. The first-order valence-corrected chi connectivity index (χ1v) is 7.85. The molecule has 2 rings (SSSR count). The van der Waals surface area contributed by atoms with Gasteiger partial charge in [-0.1, -0.05) is 0 Å². The van der Waals surface area contributed by atoms with Crippen LogP contribution in [0.2, 0.25) is 0 Å². The summed E-state index contributed by atoms with van der Waals surface area (Å²) in [5.74, 6) is -1.03. The second kappa shape index (κ2) is 6.82. The van der Waals surface area contributed by atoms with Crippen LogP contribution in [0.1, 0.15) is 23.7 Å². The van der Waals surface area contributed by atoms with Crippen LogP contribution in [-0.2, 0) is 16.6 Å². The van der Waals surface area contributed by atoms with Gasteiger partial charge in [-0.2, -0.15) is 13.2 Å². The standard InChI is InChI=1S/C18H21F3N2O2/c1-6-25-17(24)9-16(18(19,20)21)22-14-8-13-11(3)12(4)23(5)15(13)7-10(14)2/h7-9,22H,6H2,1-5H3. The highest BCUT2D eigenvalue weighted by Crippen LogP contribution is 2.33. The van der Waals surface area contributed by atoms with Crippen LogP contribution in [0.25, 0.3) is 10.9 Å². The zero-order valence-electron chi connectivity index (χ0n) is 14.8. The number of hydrogen-bond donors (Lipinski definition) is 1. The molecule has 0 unspecified atom stereocenters. The molecule has 0 atom stereocenters. The number of nitrogens with one attached hydrogen (secondary N) is 1. The molecule has 1 N–H and O–H groups in total. The van der Waals surface area contributed by atoms with Crippen LogP contribution in [0.4, 0.5) is 18.9 Å². The minimum Gasteiger partial charge on any atom is -0.463 e. The molecule has 1 aromatic heterocycles. The third kappa shape index (κ3) is 3.81. The molecule has 0 radical (unpaired) electrons. The van der Waals surface area contributed by atoms with Crippen molar-refractivity contribution in [3.8, 4) is 0 Å². The van der Waals surface area contributed by atoms with Gasteiger partial charge in [-0.3, -0.25) is 0 Å². The van der Waals surface area contributed by atoms with E-state index in [-0.39, 0.29) is 6.61 Å². The summed E-state index contributed by atoms with van der Waals surface area (Å²) in [4.78, 5) is 11.4. The lowest BCUT2D eigenvalue weighted by Crippen LogP contribution is -2.21. The Kier molecular flexibility index (Phi) is 5.15. The molecule has 2 aromatic rings. The van der Waals surface area contributed by atoms with Crippen LogP contribution in [0.5, 0.6) is 0 Å². The summed E-state index contributed by atoms with van der Waals surface area (Å²) in [6, 6.07) is 3.51. The molecule has 0 fully saturated rings. The normalized spacial score (nSPS) is 12.6. The molecule has 0 saturated carbocycles. The molecule has 136 valence electrons. The minimum absolute atomic E-state index is 0.00788. The van der Waals surface area contributed by atoms with Crippen LogP contribution in [-0.4, -0.2) is 23.3 Å². The lowest BCUT2D eigenvalue weighted by Gasteiger charge is -2.16. The fourth-order valence-electron chi connectivity index (χ4n) is 2.67. The number of anilines is 1. The molecule has 0 saturated heterocycles. The van der Waals surface area contributed by atoms with Crippen molar-refractivity contribution >= 4 is 22.6 Å². The smallest absolute Gasteiger partial charge is 0.431 e. The third-order valence-electron chi connectivity index (χ3n) is 4.28. The van der Waals surface area contributed by atoms with Crippen molar-refractivity contribution in [1.29, 1.82) is 0 Å². The molecule has 0 aliphatic heterocycles. The number of aromatic nitrogens is 1. The number of alkyl halides is 3. The van der Waals surface area contributed by atoms with Gasteiger partial charge in [0.2, 0.25) is 0 Å². The molecule has 1 aromatic carbocycles. The Morgan fingerprint density at radius 3 is 2.48 bits per heavy atom. The number of nitrogens with zero attached hydrogens (tertiary/aromatic N) is 1. The molecule has 7 heteroatoms. The second-order valence-electron chi connectivity index (χ2n) is 5.89. The highest BCUT2D eigenvalue weighted by atomic mass is 19.4. The van der Waals surface area contributed by atoms with Gasteiger partial charge in [0.25, 0.3) is 0 Å². The van der Waals surface area contributed by atoms with Crippen molar-refractivity contribution < 1.29 is 22.7 Å². The van der Waals surface area contributed by atoms with E-state index < -0.39 is 17.8 Å². The second-order valence-corrected chi connectivity index (χ2v) is 5.89. The molecule has 1 heterocycles. The fourth-order valence-corrected chi connectivity index (χ4v) is 2.67. The van der Waals surface area contributed by atoms with Crippen LogP contribution in [0, 0.1) is 20.8 Å². The first-order valence-electron chi connectivity index (χ1n) is 7.85. The average Bonchev–Trinajstić information content (AvgIpc) is 2.71. The predicted octanol–water partition coefficient (Wildman–Crippen LogP) is 4.52. The monoisotopic (exact) mass is 354 g/mol. The number of carbonyl (C=O) groups excluding carboxylic acids is 1. The van der Waals surface area contributed by atoms with E-state index in [0.717, 1.165) is 22.2 Å². The molecule has 25 heavy (non-hydrogen) atoms. The number of halogens is 3. The number of benzene rings is 1. The maximum atomic E-state index is 13.3. The predicted molar refractivity (Wildman–Crippen MR) is 91.5 cm³/mol. The summed E-state index contributed by atoms with van der Waals surface area (Å²) >= 11 is 0. The summed E-state index contributed by atoms with van der Waals surface area (Å²) in [6.07, 6.45) is -4.26. The maximum absolute atomic E-state index is 13.3. The lowest BCUT2D eigenvalue weighted by molar-refractivity contribution is -0.138. The molecular formula is C18H21F3N2O2. The Hall–Kier alpha value is -2.44. The van der Waals surface area contributed by atoms with E-state index in [0.29, 0.717) is 17.3 Å². The van der Waals surface area contributed by atoms with E-state index in [1.807, 2.05) is 31.5 Å². The van der Waals surface area contributed by atoms with Crippen molar-refractivity contribution in [2.24, 2.45) is 7.05 Å². The molecule has 0 bridgehead atoms. The van der Waals surface area contributed by atoms with Gasteiger partial charge >= 0.3 is 12.1 Å². The van der Waals surface area contributed by atoms with Crippen molar-refractivity contribution in [3.05, 3.63) is 40.7 Å². The largest absolute Gasteiger partial charge is 0.463 e. The number of allylic oxidation sites excluding steroid dienone is 1. The van der Waals surface area contributed by atoms with Gasteiger partial charge in [0.1, 0.15) is 5.70 Å². The zero-order valence-corrected chi connectivity index (χ0v) is 14.8. The molecule has 4 nitrogen and oxygen atoms in total. The highest BCUT2D eigenvalue weighted by Gasteiger charge is 2.35. The first kappa shape index (κ1) is 18.9. The number of carbonyl (C=O) groups is 1. The van der Waals surface area contributed by atoms with Crippen molar-refractivity contribution in [1.82, 2.24) is 4.57 Å². The Morgan fingerprint density at radius 1 is 1.28 bits per heavy atom. The minimum atomic E-state index is -4.70. The summed E-state index contributed by atoms with van der Waals surface area (Å²) in [5, 5.41) is 3.22. The summed E-state index contributed by atoms with van der Waals surface area (Å²) in [6.45, 7) is 7.15. The van der Waals surface area contributed by atoms with Crippen LogP contribution in [0.15, 0.2) is 23.9 Å². The summed E-state index contributed by atoms with van der Waals surface area (Å²) in [5.41, 5.74) is 2.79. The number of hydrogen-bond acceptors (Lipinski definition) is 3. The van der Waals surface area contributed by atoms with Crippen molar-refractivity contribution in [2.45, 2.75) is 33.9 Å². The van der Waals surface area contributed by atoms with Gasteiger partial charge in [0, 0.05) is 29.3 Å². The highest BCUT2D eigenvalue weighted by molar-refractivity contribution is 5.90. The molecule has 0 aliphatic carbocycles. The summed E-state index contributed by atoms with van der Waals surface area (Å²) in [7, 11) is 1.92. The molecular weight excluding hydrogens is 333 g/mol. The SMILES string of the molecule is CCOC(=O)C=C(Nc1cc2c(C)c(C)n(C)c2cc1C)C(F)(F)F. The third-order valence-corrected chi connectivity index (χ3v) is 4.28. The van der Waals surface area contributed by atoms with Gasteiger partial charge in [0.15, 0.2) is 0 Å². The number of esters is 1. The molecule has 0 amide bonds. The van der Waals surface area contributed by atoms with E-state index in [4.69, 9.17) is 0 Å². The van der Waals surface area contributed by atoms with Crippen LogP contribution >= 0.6 is 0 Å². The van der Waals surface area contributed by atoms with Gasteiger partial charge in [-0.05, 0) is 51.0 Å². The number of rotatable bonds is 4. The first-order chi connectivity index (χ1) is 11.6. The van der Waals surface area contributed by atoms with E-state index >= 15 is 0 Å². The van der Waals surface area contributed by atoms with Gasteiger partial charge in [0.05, 0.1) is 12.7 Å². The van der Waals surface area contributed by atoms with E-state index in [2.05, 4.69) is 10.1 Å². The molecule has 0 spiro atoms. The lowest BCUT2D eigenvalue weighted by atomic mass is 10.1. The van der Waals surface area contributed by atoms with Crippen molar-refractivity contribution in [2.75, 3.05) is 11.9 Å². The van der Waals surface area contributed by atoms with Crippen LogP contribution in [0.3, 0.4) is 0 Å². The summed E-state index contributed by atoms with van der Waals surface area (Å²) < 4.78 is 46.4.